The number of rotatable bonds is 8. The number of carbonyl (C=O) groups excluding carboxylic acids is 2. The van der Waals surface area contributed by atoms with E-state index in [-0.39, 0.29) is 30.7 Å². The summed E-state index contributed by atoms with van der Waals surface area (Å²) in [7, 11) is 1.53. The Morgan fingerprint density at radius 2 is 1.88 bits per heavy atom. The van der Waals surface area contributed by atoms with Crippen LogP contribution in [0.3, 0.4) is 0 Å². The molecule has 0 unspecified atom stereocenters. The fraction of sp³-hybridized carbons (Fsp3) is 0.615. The molecule has 3 fully saturated rings. The third-order valence-corrected chi connectivity index (χ3v) is 7.49. The Bertz CT molecular complexity index is 1160. The van der Waals surface area contributed by atoms with Crippen LogP contribution < -0.4 is 25.0 Å². The zero-order valence-electron chi connectivity index (χ0n) is 22.8. The molecule has 216 valence electrons. The summed E-state index contributed by atoms with van der Waals surface area (Å²) in [6.45, 7) is 4.77. The van der Waals surface area contributed by atoms with Gasteiger partial charge in [0.25, 0.3) is 0 Å². The van der Waals surface area contributed by atoms with E-state index >= 15 is 0 Å². The van der Waals surface area contributed by atoms with Crippen LogP contribution in [-0.2, 0) is 0 Å². The summed E-state index contributed by atoms with van der Waals surface area (Å²) in [6.07, 6.45) is 7.02. The van der Waals surface area contributed by atoms with Gasteiger partial charge in [0.2, 0.25) is 17.7 Å². The number of carbonyl (C=O) groups is 2. The van der Waals surface area contributed by atoms with E-state index in [1.54, 1.807) is 4.90 Å². The van der Waals surface area contributed by atoms with Gasteiger partial charge < -0.3 is 29.5 Å². The zero-order valence-corrected chi connectivity index (χ0v) is 22.8. The SMILES string of the molecule is CCOc1cnc(NC(=O)N(C)[C@H]2CN(c3nccc(OC(=O)NC4CCN(C5CC5)CC4)n3)CC[C@H]2F)cn1. The summed E-state index contributed by atoms with van der Waals surface area (Å²) >= 11 is 0. The standard InChI is InChI=1S/C26H36FN9O4/c1-3-39-23-15-29-21(14-30-23)32-25(37)34(2)20-16-36(13-9-19(20)27)24-28-10-6-22(33-24)40-26(38)31-17-7-11-35(12-8-17)18-4-5-18/h6,10,14-15,17-20H,3-5,7-9,11-13,16H2,1-2H3,(H,31,38)(H,29,32,37)/t19-,20+/m1/s1. The van der Waals surface area contributed by atoms with Gasteiger partial charge in [-0.1, -0.05) is 0 Å². The Morgan fingerprint density at radius 3 is 2.58 bits per heavy atom. The van der Waals surface area contributed by atoms with Gasteiger partial charge in [-0.2, -0.15) is 4.98 Å². The maximum Gasteiger partial charge on any atom is 0.414 e. The summed E-state index contributed by atoms with van der Waals surface area (Å²) < 4.78 is 25.7. The van der Waals surface area contributed by atoms with Crippen LogP contribution in [0.4, 0.5) is 25.7 Å². The topological polar surface area (TPSA) is 138 Å². The molecule has 4 heterocycles. The minimum absolute atomic E-state index is 0.0726. The molecule has 2 saturated heterocycles. The highest BCUT2D eigenvalue weighted by Gasteiger charge is 2.36. The highest BCUT2D eigenvalue weighted by atomic mass is 19.1. The number of likely N-dealkylation sites (tertiary alicyclic amines) is 1. The van der Waals surface area contributed by atoms with E-state index in [1.807, 2.05) is 6.92 Å². The molecule has 14 heteroatoms. The van der Waals surface area contributed by atoms with Crippen molar-refractivity contribution in [3.8, 4) is 11.8 Å². The normalized spacial score (nSPS) is 21.9. The molecular formula is C26H36FN9O4. The van der Waals surface area contributed by atoms with Crippen molar-refractivity contribution in [1.82, 2.24) is 35.1 Å². The molecule has 40 heavy (non-hydrogen) atoms. The van der Waals surface area contributed by atoms with Gasteiger partial charge in [-0.3, -0.25) is 5.32 Å². The van der Waals surface area contributed by atoms with E-state index in [0.717, 1.165) is 32.0 Å². The van der Waals surface area contributed by atoms with Crippen molar-refractivity contribution in [3.63, 3.8) is 0 Å². The molecule has 2 aliphatic heterocycles. The van der Waals surface area contributed by atoms with E-state index in [4.69, 9.17) is 9.47 Å². The maximum atomic E-state index is 15.0. The van der Waals surface area contributed by atoms with Gasteiger partial charge in [0.15, 0.2) is 5.82 Å². The highest BCUT2D eigenvalue weighted by Crippen LogP contribution is 2.29. The van der Waals surface area contributed by atoms with Crippen molar-refractivity contribution in [3.05, 3.63) is 24.7 Å². The molecule has 0 radical (unpaired) electrons. The Kier molecular flexibility index (Phi) is 8.72. The number of amides is 3. The van der Waals surface area contributed by atoms with Crippen LogP contribution in [0, 0.1) is 0 Å². The van der Waals surface area contributed by atoms with E-state index in [0.29, 0.717) is 25.0 Å². The second-order valence-electron chi connectivity index (χ2n) is 10.3. The maximum absolute atomic E-state index is 15.0. The summed E-state index contributed by atoms with van der Waals surface area (Å²) in [6, 6.07) is 1.03. The van der Waals surface area contributed by atoms with Gasteiger partial charge >= 0.3 is 12.1 Å². The fourth-order valence-electron chi connectivity index (χ4n) is 5.08. The number of aromatic nitrogens is 4. The number of piperidine rings is 2. The van der Waals surface area contributed by atoms with Crippen LogP contribution in [0.5, 0.6) is 11.8 Å². The van der Waals surface area contributed by atoms with Gasteiger partial charge in [-0.25, -0.2) is 28.9 Å². The van der Waals surface area contributed by atoms with E-state index in [1.165, 1.54) is 49.4 Å². The second kappa shape index (κ2) is 12.6. The summed E-state index contributed by atoms with van der Waals surface area (Å²) in [4.78, 5) is 47.8. The number of ether oxygens (including phenoxy) is 2. The molecule has 1 saturated carbocycles. The van der Waals surface area contributed by atoms with Gasteiger partial charge in [0, 0.05) is 57.6 Å². The molecule has 0 spiro atoms. The predicted molar refractivity (Wildman–Crippen MR) is 144 cm³/mol. The number of nitrogens with one attached hydrogen (secondary N) is 2. The van der Waals surface area contributed by atoms with Crippen molar-refractivity contribution < 1.29 is 23.5 Å². The minimum Gasteiger partial charge on any atom is -0.477 e. The summed E-state index contributed by atoms with van der Waals surface area (Å²) in [5.74, 6) is 0.977. The molecule has 0 bridgehead atoms. The Hall–Kier alpha value is -3.81. The predicted octanol–water partition coefficient (Wildman–Crippen LogP) is 2.46. The lowest BCUT2D eigenvalue weighted by Crippen LogP contribution is -2.55. The van der Waals surface area contributed by atoms with Gasteiger partial charge in [0.1, 0.15) is 6.17 Å². The monoisotopic (exact) mass is 557 g/mol. The quantitative estimate of drug-likeness (QED) is 0.498. The van der Waals surface area contributed by atoms with Crippen molar-refractivity contribution in [2.75, 3.05) is 50.1 Å². The van der Waals surface area contributed by atoms with Gasteiger partial charge in [-0.05, 0) is 39.0 Å². The lowest BCUT2D eigenvalue weighted by molar-refractivity contribution is 0.133. The number of hydrogen-bond donors (Lipinski definition) is 2. The first kappa shape index (κ1) is 27.7. The largest absolute Gasteiger partial charge is 0.477 e. The first-order chi connectivity index (χ1) is 19.4. The van der Waals surface area contributed by atoms with Gasteiger partial charge in [0.05, 0.1) is 25.0 Å². The molecule has 5 rings (SSSR count). The Labute approximate surface area is 232 Å². The van der Waals surface area contributed by atoms with E-state index in [9.17, 15) is 14.0 Å². The molecule has 2 aromatic rings. The number of urea groups is 1. The number of alkyl halides is 1. The average molecular weight is 558 g/mol. The molecular weight excluding hydrogens is 521 g/mol. The molecule has 2 aromatic heterocycles. The molecule has 2 N–H and O–H groups in total. The van der Waals surface area contributed by atoms with Crippen LogP contribution in [-0.4, -0.2) is 106 Å². The smallest absolute Gasteiger partial charge is 0.414 e. The summed E-state index contributed by atoms with van der Waals surface area (Å²) in [5, 5.41) is 5.57. The van der Waals surface area contributed by atoms with Gasteiger partial charge in [-0.15, -0.1) is 0 Å². The number of hydrogen-bond acceptors (Lipinski definition) is 10. The lowest BCUT2D eigenvalue weighted by atomic mass is 10.0. The molecule has 13 nitrogen and oxygen atoms in total. The minimum atomic E-state index is -1.24. The number of likely N-dealkylation sites (N-methyl/N-ethyl adjacent to an activating group) is 1. The van der Waals surface area contributed by atoms with Crippen LogP contribution >= 0.6 is 0 Å². The Morgan fingerprint density at radius 1 is 1.07 bits per heavy atom. The van der Waals surface area contributed by atoms with Crippen LogP contribution in [0.2, 0.25) is 0 Å². The van der Waals surface area contributed by atoms with E-state index < -0.39 is 24.3 Å². The van der Waals surface area contributed by atoms with E-state index in [2.05, 4.69) is 35.5 Å². The third-order valence-electron chi connectivity index (χ3n) is 7.49. The number of anilines is 2. The molecule has 1 aliphatic carbocycles. The molecule has 3 aliphatic rings. The van der Waals surface area contributed by atoms with Crippen LogP contribution in [0.15, 0.2) is 24.7 Å². The Balaban J connectivity index is 1.14. The first-order valence-electron chi connectivity index (χ1n) is 13.8. The number of nitrogens with zero attached hydrogens (tertiary/aromatic N) is 7. The fourth-order valence-corrected chi connectivity index (χ4v) is 5.08. The number of halogens is 1. The zero-order chi connectivity index (χ0) is 28.1. The van der Waals surface area contributed by atoms with Crippen LogP contribution in [0.25, 0.3) is 0 Å². The molecule has 0 aromatic carbocycles. The molecule has 3 amide bonds. The van der Waals surface area contributed by atoms with Crippen molar-refractivity contribution >= 4 is 23.9 Å². The third kappa shape index (κ3) is 7.03. The second-order valence-corrected chi connectivity index (χ2v) is 10.3. The highest BCUT2D eigenvalue weighted by molar-refractivity contribution is 5.88. The van der Waals surface area contributed by atoms with Crippen molar-refractivity contribution in [2.24, 2.45) is 0 Å². The summed E-state index contributed by atoms with van der Waals surface area (Å²) in [5.41, 5.74) is 0. The lowest BCUT2D eigenvalue weighted by Gasteiger charge is -2.39. The van der Waals surface area contributed by atoms with Crippen molar-refractivity contribution in [2.45, 2.75) is 63.3 Å². The molecule has 2 atom stereocenters. The average Bonchev–Trinajstić information content (AvgIpc) is 3.80. The van der Waals surface area contributed by atoms with Crippen molar-refractivity contribution in [1.29, 1.82) is 0 Å². The first-order valence-corrected chi connectivity index (χ1v) is 13.8. The van der Waals surface area contributed by atoms with Crippen LogP contribution in [0.1, 0.15) is 39.0 Å².